The molecule has 34 heavy (non-hydrogen) atoms. The largest absolute Gasteiger partial charge is 0.493 e. The van der Waals surface area contributed by atoms with Crippen LogP contribution < -0.4 is 9.47 Å². The van der Waals surface area contributed by atoms with Crippen LogP contribution in [0.1, 0.15) is 66.9 Å². The fraction of sp³-hybridized carbons (Fsp3) is 0.429. The molecule has 3 rings (SSSR count). The zero-order valence-electron chi connectivity index (χ0n) is 20.3. The second-order valence-corrected chi connectivity index (χ2v) is 9.10. The van der Waals surface area contributed by atoms with Crippen molar-refractivity contribution in [1.82, 2.24) is 0 Å². The van der Waals surface area contributed by atoms with Gasteiger partial charge >= 0.3 is 0 Å². The van der Waals surface area contributed by atoms with E-state index in [0.717, 1.165) is 11.1 Å². The molecule has 180 valence electrons. The lowest BCUT2D eigenvalue weighted by Crippen LogP contribution is -2.25. The van der Waals surface area contributed by atoms with Crippen molar-refractivity contribution in [2.45, 2.75) is 51.9 Å². The molecule has 2 unspecified atom stereocenters. The average molecular weight is 465 g/mol. The third-order valence-corrected chi connectivity index (χ3v) is 6.60. The van der Waals surface area contributed by atoms with Gasteiger partial charge in [-0.3, -0.25) is 19.2 Å². The molecule has 6 nitrogen and oxygen atoms in total. The number of carbonyl (C=O) groups excluding carboxylic acids is 4. The van der Waals surface area contributed by atoms with Gasteiger partial charge in [0, 0.05) is 49.5 Å². The molecule has 0 aromatic heterocycles. The summed E-state index contributed by atoms with van der Waals surface area (Å²) in [6.07, 6.45) is 0.923. The Labute approximate surface area is 200 Å². The van der Waals surface area contributed by atoms with Crippen molar-refractivity contribution >= 4 is 23.1 Å². The number of fused-ring (bicyclic) bond motifs is 1. The lowest BCUT2D eigenvalue weighted by atomic mass is 9.79. The van der Waals surface area contributed by atoms with Gasteiger partial charge in [-0.2, -0.15) is 0 Å². The molecule has 0 aliphatic heterocycles. The number of hydrogen-bond acceptors (Lipinski definition) is 6. The van der Waals surface area contributed by atoms with Crippen LogP contribution in [0.25, 0.3) is 0 Å². The van der Waals surface area contributed by atoms with E-state index in [2.05, 4.69) is 0 Å². The van der Waals surface area contributed by atoms with Crippen LogP contribution in [0.2, 0.25) is 0 Å². The first-order valence-electron chi connectivity index (χ1n) is 11.6. The van der Waals surface area contributed by atoms with Gasteiger partial charge in [0.2, 0.25) is 0 Å². The van der Waals surface area contributed by atoms with Crippen LogP contribution in [0.4, 0.5) is 0 Å². The summed E-state index contributed by atoms with van der Waals surface area (Å²) in [5, 5.41) is 0. The lowest BCUT2D eigenvalue weighted by molar-refractivity contribution is -0.129. The molecule has 0 fully saturated rings. The predicted octanol–water partition coefficient (Wildman–Crippen LogP) is 4.77. The van der Waals surface area contributed by atoms with Crippen molar-refractivity contribution in [2.24, 2.45) is 11.8 Å². The Kier molecular flexibility index (Phi) is 8.37. The van der Waals surface area contributed by atoms with Crippen molar-refractivity contribution < 1.29 is 28.7 Å². The molecule has 2 aromatic carbocycles. The Morgan fingerprint density at radius 3 is 2.41 bits per heavy atom. The molecular weight excluding hydrogens is 432 g/mol. The minimum Gasteiger partial charge on any atom is -0.493 e. The Bertz CT molecular complexity index is 1090. The summed E-state index contributed by atoms with van der Waals surface area (Å²) in [5.74, 6) is -0.207. The van der Waals surface area contributed by atoms with Crippen molar-refractivity contribution in [3.63, 3.8) is 0 Å². The number of methoxy groups -OCH3 is 2. The Hall–Kier alpha value is -3.28. The zero-order chi connectivity index (χ0) is 24.8. The number of Topliss-reactive ketones (excluding diaryl/α,β-unsaturated/α-hetero) is 4. The van der Waals surface area contributed by atoms with Crippen molar-refractivity contribution in [3.8, 4) is 11.5 Å². The Balaban J connectivity index is 1.63. The van der Waals surface area contributed by atoms with E-state index in [9.17, 15) is 19.2 Å². The standard InChI is InChI=1S/C28H32O6/c1-17(23(30)10-11-24(31)20-9-12-26(33-3)27(16-20)34-4)14-25(32)28-18(2)13-21(29)15-19-7-5-6-8-22(19)28/h5-9,12,16-18,28H,10-11,13-15H2,1-4H3/t17?,18-,28?/m1/s1. The van der Waals surface area contributed by atoms with Gasteiger partial charge in [0.25, 0.3) is 0 Å². The molecule has 0 spiro atoms. The predicted molar refractivity (Wildman–Crippen MR) is 129 cm³/mol. The molecule has 0 bridgehead atoms. The van der Waals surface area contributed by atoms with Gasteiger partial charge in [-0.1, -0.05) is 38.1 Å². The highest BCUT2D eigenvalue weighted by atomic mass is 16.5. The second-order valence-electron chi connectivity index (χ2n) is 9.10. The molecule has 0 N–H and O–H groups in total. The summed E-state index contributed by atoms with van der Waals surface area (Å²) in [4.78, 5) is 50.9. The molecule has 2 aromatic rings. The van der Waals surface area contributed by atoms with E-state index < -0.39 is 11.8 Å². The first kappa shape index (κ1) is 25.3. The van der Waals surface area contributed by atoms with E-state index in [1.54, 1.807) is 25.1 Å². The van der Waals surface area contributed by atoms with Crippen LogP contribution >= 0.6 is 0 Å². The zero-order valence-corrected chi connectivity index (χ0v) is 20.3. The van der Waals surface area contributed by atoms with E-state index in [4.69, 9.17) is 9.47 Å². The number of carbonyl (C=O) groups is 4. The highest BCUT2D eigenvalue weighted by Gasteiger charge is 2.34. The van der Waals surface area contributed by atoms with Crippen LogP contribution in [0.5, 0.6) is 11.5 Å². The topological polar surface area (TPSA) is 86.7 Å². The molecule has 6 heteroatoms. The van der Waals surface area contributed by atoms with Gasteiger partial charge < -0.3 is 9.47 Å². The second kappa shape index (κ2) is 11.2. The SMILES string of the molecule is COc1ccc(C(=O)CCC(=O)C(C)CC(=O)C2c3ccccc3CC(=O)C[C@H]2C)cc1OC. The van der Waals surface area contributed by atoms with E-state index in [1.165, 1.54) is 14.2 Å². The maximum atomic E-state index is 13.3. The molecule has 0 heterocycles. The first-order chi connectivity index (χ1) is 16.2. The fourth-order valence-corrected chi connectivity index (χ4v) is 4.74. The minimum atomic E-state index is -0.496. The maximum absolute atomic E-state index is 13.3. The number of rotatable bonds is 10. The third kappa shape index (κ3) is 5.79. The summed E-state index contributed by atoms with van der Waals surface area (Å²) in [5.41, 5.74) is 2.24. The molecule has 3 atom stereocenters. The quantitative estimate of drug-likeness (QED) is 0.372. The molecule has 1 aliphatic rings. The molecule has 0 radical (unpaired) electrons. The van der Waals surface area contributed by atoms with Gasteiger partial charge in [-0.05, 0) is 35.2 Å². The number of benzene rings is 2. The number of hydrogen-bond donors (Lipinski definition) is 0. The normalized spacial score (nSPS) is 18.4. The molecule has 1 aliphatic carbocycles. The van der Waals surface area contributed by atoms with Crippen LogP contribution in [0.3, 0.4) is 0 Å². The van der Waals surface area contributed by atoms with Crippen LogP contribution in [-0.2, 0) is 20.8 Å². The lowest BCUT2D eigenvalue weighted by Gasteiger charge is -2.23. The smallest absolute Gasteiger partial charge is 0.163 e. The van der Waals surface area contributed by atoms with Crippen molar-refractivity contribution in [3.05, 3.63) is 59.2 Å². The van der Waals surface area contributed by atoms with Crippen LogP contribution in [0.15, 0.2) is 42.5 Å². The maximum Gasteiger partial charge on any atom is 0.163 e. The van der Waals surface area contributed by atoms with Gasteiger partial charge in [-0.25, -0.2) is 0 Å². The van der Waals surface area contributed by atoms with E-state index >= 15 is 0 Å². The van der Waals surface area contributed by atoms with E-state index in [-0.39, 0.29) is 48.3 Å². The van der Waals surface area contributed by atoms with Crippen molar-refractivity contribution in [2.75, 3.05) is 14.2 Å². The Morgan fingerprint density at radius 2 is 1.71 bits per heavy atom. The highest BCUT2D eigenvalue weighted by Crippen LogP contribution is 2.36. The summed E-state index contributed by atoms with van der Waals surface area (Å²) in [6, 6.07) is 12.5. The molecule has 0 saturated carbocycles. The van der Waals surface area contributed by atoms with Gasteiger partial charge in [0.1, 0.15) is 17.3 Å². The fourth-order valence-electron chi connectivity index (χ4n) is 4.74. The molecule has 0 amide bonds. The van der Waals surface area contributed by atoms with Gasteiger partial charge in [0.15, 0.2) is 17.3 Å². The summed E-state index contributed by atoms with van der Waals surface area (Å²) in [7, 11) is 3.02. The Morgan fingerprint density at radius 1 is 1.00 bits per heavy atom. The summed E-state index contributed by atoms with van der Waals surface area (Å²) < 4.78 is 10.4. The number of ether oxygens (including phenoxy) is 2. The average Bonchev–Trinajstić information content (AvgIpc) is 2.95. The minimum absolute atomic E-state index is 0.0262. The highest BCUT2D eigenvalue weighted by molar-refractivity contribution is 5.99. The number of ketones is 4. The van der Waals surface area contributed by atoms with Gasteiger partial charge in [-0.15, -0.1) is 0 Å². The molecule has 0 saturated heterocycles. The van der Waals surface area contributed by atoms with Crippen LogP contribution in [-0.4, -0.2) is 37.4 Å². The van der Waals surface area contributed by atoms with E-state index in [1.807, 2.05) is 31.2 Å². The first-order valence-corrected chi connectivity index (χ1v) is 11.6. The summed E-state index contributed by atoms with van der Waals surface area (Å²) in [6.45, 7) is 3.66. The molecular formula is C28H32O6. The van der Waals surface area contributed by atoms with Crippen molar-refractivity contribution in [1.29, 1.82) is 0 Å². The third-order valence-electron chi connectivity index (χ3n) is 6.60. The van der Waals surface area contributed by atoms with Crippen LogP contribution in [0, 0.1) is 11.8 Å². The monoisotopic (exact) mass is 464 g/mol. The van der Waals surface area contributed by atoms with Gasteiger partial charge in [0.05, 0.1) is 14.2 Å². The van der Waals surface area contributed by atoms with E-state index in [0.29, 0.717) is 29.9 Å². The summed E-state index contributed by atoms with van der Waals surface area (Å²) >= 11 is 0.